The van der Waals surface area contributed by atoms with Crippen molar-refractivity contribution in [1.82, 2.24) is 9.83 Å². The van der Waals surface area contributed by atoms with Crippen LogP contribution < -0.4 is 14.9 Å². The van der Waals surface area contributed by atoms with Crippen LogP contribution in [0.15, 0.2) is 72.0 Å². The maximum absolute atomic E-state index is 13.3. The van der Waals surface area contributed by atoms with Gasteiger partial charge in [-0.2, -0.15) is 5.10 Å². The van der Waals surface area contributed by atoms with Gasteiger partial charge in [-0.15, -0.1) is 0 Å². The van der Waals surface area contributed by atoms with E-state index in [-0.39, 0.29) is 12.6 Å². The Hall–Kier alpha value is -4.46. The molecule has 1 aliphatic heterocycles. The molecule has 8 heteroatoms. The van der Waals surface area contributed by atoms with Crippen molar-refractivity contribution in [2.45, 2.75) is 6.92 Å². The molecule has 0 saturated heterocycles. The molecule has 2 aromatic heterocycles. The molecule has 1 N–H and O–H groups in total. The molecule has 0 radical (unpaired) electrons. The summed E-state index contributed by atoms with van der Waals surface area (Å²) in [5.74, 6) is 0.0366. The van der Waals surface area contributed by atoms with Crippen LogP contribution in [-0.4, -0.2) is 29.1 Å². The summed E-state index contributed by atoms with van der Waals surface area (Å²) >= 11 is 0. The number of hydrazone groups is 1. The van der Waals surface area contributed by atoms with Gasteiger partial charge < -0.3 is 13.9 Å². The topological polar surface area (TPSA) is 81.4 Å². The van der Waals surface area contributed by atoms with Gasteiger partial charge in [-0.1, -0.05) is 6.07 Å². The molecule has 7 nitrogen and oxygen atoms in total. The van der Waals surface area contributed by atoms with Crippen molar-refractivity contribution in [1.29, 1.82) is 0 Å². The molecule has 164 valence electrons. The van der Waals surface area contributed by atoms with Crippen molar-refractivity contribution in [2.75, 3.05) is 6.79 Å². The van der Waals surface area contributed by atoms with E-state index in [0.29, 0.717) is 39.4 Å². The van der Waals surface area contributed by atoms with E-state index in [1.807, 2.05) is 25.1 Å². The quantitative estimate of drug-likeness (QED) is 0.286. The van der Waals surface area contributed by atoms with Crippen molar-refractivity contribution in [3.05, 3.63) is 101 Å². The lowest BCUT2D eigenvalue weighted by Gasteiger charge is -2.04. The Kier molecular flexibility index (Phi) is 5.10. The molecule has 5 rings (SSSR count). The minimum Gasteiger partial charge on any atom is -0.454 e. The van der Waals surface area contributed by atoms with Crippen LogP contribution in [0.3, 0.4) is 0 Å². The van der Waals surface area contributed by atoms with E-state index in [9.17, 15) is 14.0 Å². The lowest BCUT2D eigenvalue weighted by molar-refractivity contribution is 0.0954. The fourth-order valence-corrected chi connectivity index (χ4v) is 3.80. The average Bonchev–Trinajstić information content (AvgIpc) is 3.41. The molecule has 0 aliphatic carbocycles. The third-order valence-corrected chi connectivity index (χ3v) is 5.45. The number of ether oxygens (including phenoxy) is 2. The van der Waals surface area contributed by atoms with Crippen molar-refractivity contribution in [3.8, 4) is 11.5 Å². The van der Waals surface area contributed by atoms with Gasteiger partial charge in [-0.05, 0) is 67.1 Å². The Morgan fingerprint density at radius 2 is 1.79 bits per heavy atom. The number of carbonyl (C=O) groups is 2. The fraction of sp³-hybridized carbons (Fsp3) is 0.0800. The van der Waals surface area contributed by atoms with E-state index in [0.717, 1.165) is 5.52 Å². The van der Waals surface area contributed by atoms with Crippen LogP contribution in [-0.2, 0) is 0 Å². The maximum Gasteiger partial charge on any atom is 0.271 e. The summed E-state index contributed by atoms with van der Waals surface area (Å²) in [7, 11) is 0. The number of benzene rings is 2. The Bertz CT molecular complexity index is 1420. The van der Waals surface area contributed by atoms with Gasteiger partial charge in [-0.25, -0.2) is 9.82 Å². The number of ketones is 1. The Morgan fingerprint density at radius 3 is 2.61 bits per heavy atom. The molecule has 2 aromatic carbocycles. The average molecular weight is 443 g/mol. The van der Waals surface area contributed by atoms with E-state index >= 15 is 0 Å². The standard InChI is InChI=1S/C25H18FN3O4/c1-15-19(13-27-28-25(31)17-7-10-21-22(12-17)33-14-32-21)20-4-2-3-11-29(20)23(15)24(30)16-5-8-18(26)9-6-16/h2-13H,14H2,1H3,(H,28,31). The summed E-state index contributed by atoms with van der Waals surface area (Å²) in [5.41, 5.74) is 5.83. The molecule has 1 aliphatic rings. The Balaban J connectivity index is 1.44. The number of amides is 1. The van der Waals surface area contributed by atoms with Gasteiger partial charge in [0.05, 0.1) is 17.4 Å². The molecule has 33 heavy (non-hydrogen) atoms. The normalized spacial score (nSPS) is 12.4. The lowest BCUT2D eigenvalue weighted by atomic mass is 10.0. The van der Waals surface area contributed by atoms with Crippen molar-refractivity contribution >= 4 is 23.4 Å². The highest BCUT2D eigenvalue weighted by Crippen LogP contribution is 2.32. The minimum atomic E-state index is -0.409. The van der Waals surface area contributed by atoms with E-state index in [2.05, 4.69) is 10.5 Å². The van der Waals surface area contributed by atoms with Crippen LogP contribution in [0.1, 0.15) is 37.5 Å². The van der Waals surface area contributed by atoms with Gasteiger partial charge in [0, 0.05) is 22.9 Å². The number of aromatic nitrogens is 1. The van der Waals surface area contributed by atoms with E-state index < -0.39 is 11.7 Å². The predicted octanol–water partition coefficient (Wildman–Crippen LogP) is 4.11. The highest BCUT2D eigenvalue weighted by atomic mass is 19.1. The first-order chi connectivity index (χ1) is 16.0. The highest BCUT2D eigenvalue weighted by Gasteiger charge is 2.21. The molecule has 0 spiro atoms. The third-order valence-electron chi connectivity index (χ3n) is 5.45. The van der Waals surface area contributed by atoms with E-state index in [4.69, 9.17) is 9.47 Å². The second-order valence-corrected chi connectivity index (χ2v) is 7.45. The second-order valence-electron chi connectivity index (χ2n) is 7.45. The summed E-state index contributed by atoms with van der Waals surface area (Å²) < 4.78 is 25.6. The van der Waals surface area contributed by atoms with Crippen LogP contribution in [0.2, 0.25) is 0 Å². The van der Waals surface area contributed by atoms with Crippen molar-refractivity contribution < 1.29 is 23.5 Å². The Labute approximate surface area is 188 Å². The summed E-state index contributed by atoms with van der Waals surface area (Å²) in [6.45, 7) is 1.93. The number of carbonyl (C=O) groups excluding carboxylic acids is 2. The number of hydrogen-bond donors (Lipinski definition) is 1. The number of rotatable bonds is 5. The predicted molar refractivity (Wildman–Crippen MR) is 120 cm³/mol. The largest absolute Gasteiger partial charge is 0.454 e. The number of nitrogens with zero attached hydrogens (tertiary/aromatic N) is 2. The smallest absolute Gasteiger partial charge is 0.271 e. The molecule has 3 heterocycles. The van der Waals surface area contributed by atoms with Gasteiger partial charge in [0.15, 0.2) is 11.5 Å². The summed E-state index contributed by atoms with van der Waals surface area (Å²) in [6, 6.07) is 15.8. The zero-order valence-electron chi connectivity index (χ0n) is 17.5. The lowest BCUT2D eigenvalue weighted by Crippen LogP contribution is -2.17. The van der Waals surface area contributed by atoms with Gasteiger partial charge in [0.2, 0.25) is 12.6 Å². The first-order valence-corrected chi connectivity index (χ1v) is 10.2. The number of pyridine rings is 1. The highest BCUT2D eigenvalue weighted by molar-refractivity contribution is 6.12. The SMILES string of the molecule is Cc1c(C=NNC(=O)c2ccc3c(c2)OCO3)c2ccccn2c1C(=O)c1ccc(F)cc1. The van der Waals surface area contributed by atoms with Crippen LogP contribution in [0.25, 0.3) is 5.52 Å². The third kappa shape index (κ3) is 3.71. The van der Waals surface area contributed by atoms with Crippen LogP contribution >= 0.6 is 0 Å². The van der Waals surface area contributed by atoms with Gasteiger partial charge in [-0.3, -0.25) is 9.59 Å². The van der Waals surface area contributed by atoms with E-state index in [1.54, 1.807) is 28.8 Å². The van der Waals surface area contributed by atoms with Gasteiger partial charge in [0.1, 0.15) is 5.82 Å². The number of nitrogens with one attached hydrogen (secondary N) is 1. The zero-order chi connectivity index (χ0) is 22.9. The molecule has 1 amide bonds. The summed E-state index contributed by atoms with van der Waals surface area (Å²) in [5, 5.41) is 4.11. The molecule has 0 bridgehead atoms. The molecular weight excluding hydrogens is 425 g/mol. The number of halogens is 1. The zero-order valence-corrected chi connectivity index (χ0v) is 17.5. The van der Waals surface area contributed by atoms with E-state index in [1.165, 1.54) is 30.5 Å². The van der Waals surface area contributed by atoms with Gasteiger partial charge in [0.25, 0.3) is 5.91 Å². The van der Waals surface area contributed by atoms with Crippen LogP contribution in [0.4, 0.5) is 4.39 Å². The molecular formula is C25H18FN3O4. The molecule has 0 unspecified atom stereocenters. The van der Waals surface area contributed by atoms with Crippen molar-refractivity contribution in [3.63, 3.8) is 0 Å². The van der Waals surface area contributed by atoms with Crippen LogP contribution in [0, 0.1) is 12.7 Å². The molecule has 0 fully saturated rings. The Morgan fingerprint density at radius 1 is 1.03 bits per heavy atom. The summed E-state index contributed by atoms with van der Waals surface area (Å²) in [6.07, 6.45) is 3.29. The first kappa shape index (κ1) is 20.4. The number of fused-ring (bicyclic) bond motifs is 2. The second kappa shape index (κ2) is 8.23. The van der Waals surface area contributed by atoms with Crippen molar-refractivity contribution in [2.24, 2.45) is 5.10 Å². The molecule has 0 atom stereocenters. The molecule has 0 saturated carbocycles. The number of hydrogen-bond acceptors (Lipinski definition) is 5. The van der Waals surface area contributed by atoms with Gasteiger partial charge >= 0.3 is 0 Å². The maximum atomic E-state index is 13.3. The monoisotopic (exact) mass is 443 g/mol. The first-order valence-electron chi connectivity index (χ1n) is 10.2. The minimum absolute atomic E-state index is 0.124. The van der Waals surface area contributed by atoms with Crippen LogP contribution in [0.5, 0.6) is 11.5 Å². The summed E-state index contributed by atoms with van der Waals surface area (Å²) in [4.78, 5) is 25.7. The molecule has 4 aromatic rings. The fourth-order valence-electron chi connectivity index (χ4n) is 3.80.